The van der Waals surface area contributed by atoms with Crippen molar-refractivity contribution in [2.24, 2.45) is 5.92 Å². The molecular formula is C19H17ClFN3O3. The normalized spacial score (nSPS) is 16.9. The maximum atomic E-state index is 13.4. The fourth-order valence-electron chi connectivity index (χ4n) is 2.96. The molecule has 3 rings (SSSR count). The number of aryl methyl sites for hydroxylation is 2. The number of amides is 4. The van der Waals surface area contributed by atoms with Gasteiger partial charge in [0.25, 0.3) is 0 Å². The van der Waals surface area contributed by atoms with Crippen LogP contribution >= 0.6 is 11.6 Å². The van der Waals surface area contributed by atoms with Gasteiger partial charge in [0.05, 0.1) is 10.7 Å². The molecule has 1 atom stereocenters. The Morgan fingerprint density at radius 1 is 1.19 bits per heavy atom. The van der Waals surface area contributed by atoms with Crippen LogP contribution in [0, 0.1) is 25.6 Å². The standard InChI is InChI=1S/C19H17ClFN3O3/c1-10-5-11(2)7-12(6-10)23-17(25)14-9-22-19(27)24(18(14)26)13-3-4-16(21)15(20)8-13/h3-8,14H,9H2,1-2H3,(H,22,27)(H,23,25). The summed E-state index contributed by atoms with van der Waals surface area (Å²) in [4.78, 5) is 38.3. The Kier molecular flexibility index (Phi) is 5.14. The predicted molar refractivity (Wildman–Crippen MR) is 100 cm³/mol. The van der Waals surface area contributed by atoms with E-state index in [1.807, 2.05) is 19.9 Å². The Morgan fingerprint density at radius 3 is 2.48 bits per heavy atom. The third kappa shape index (κ3) is 3.93. The van der Waals surface area contributed by atoms with E-state index in [4.69, 9.17) is 11.6 Å². The van der Waals surface area contributed by atoms with Gasteiger partial charge in [0.15, 0.2) is 0 Å². The van der Waals surface area contributed by atoms with Crippen molar-refractivity contribution in [2.45, 2.75) is 13.8 Å². The number of carbonyl (C=O) groups excluding carboxylic acids is 3. The van der Waals surface area contributed by atoms with Crippen LogP contribution in [0.15, 0.2) is 36.4 Å². The first-order valence-corrected chi connectivity index (χ1v) is 8.60. The van der Waals surface area contributed by atoms with Gasteiger partial charge in [0, 0.05) is 12.2 Å². The van der Waals surface area contributed by atoms with Gasteiger partial charge >= 0.3 is 6.03 Å². The zero-order valence-corrected chi connectivity index (χ0v) is 15.4. The number of rotatable bonds is 3. The first kappa shape index (κ1) is 18.8. The minimum atomic E-state index is -1.12. The molecule has 0 saturated carbocycles. The van der Waals surface area contributed by atoms with Gasteiger partial charge in [-0.15, -0.1) is 0 Å². The molecule has 0 aromatic heterocycles. The van der Waals surface area contributed by atoms with Crippen LogP contribution in [0.5, 0.6) is 0 Å². The molecule has 140 valence electrons. The molecule has 27 heavy (non-hydrogen) atoms. The molecule has 1 unspecified atom stereocenters. The van der Waals surface area contributed by atoms with Gasteiger partial charge in [-0.05, 0) is 55.3 Å². The maximum Gasteiger partial charge on any atom is 0.328 e. The first-order chi connectivity index (χ1) is 12.8. The topological polar surface area (TPSA) is 78.5 Å². The zero-order chi connectivity index (χ0) is 19.7. The SMILES string of the molecule is Cc1cc(C)cc(NC(=O)C2CNC(=O)N(c3ccc(F)c(Cl)c3)C2=O)c1. The number of carbonyl (C=O) groups is 3. The first-order valence-electron chi connectivity index (χ1n) is 8.22. The average molecular weight is 390 g/mol. The summed E-state index contributed by atoms with van der Waals surface area (Å²) in [5, 5.41) is 4.98. The number of nitrogens with zero attached hydrogens (tertiary/aromatic N) is 1. The number of halogens is 2. The van der Waals surface area contributed by atoms with Gasteiger partial charge in [0.1, 0.15) is 11.7 Å². The van der Waals surface area contributed by atoms with Crippen molar-refractivity contribution in [3.8, 4) is 0 Å². The van der Waals surface area contributed by atoms with E-state index in [0.29, 0.717) is 5.69 Å². The van der Waals surface area contributed by atoms with E-state index in [0.717, 1.165) is 22.1 Å². The molecule has 1 saturated heterocycles. The molecule has 0 aliphatic carbocycles. The van der Waals surface area contributed by atoms with Gasteiger partial charge in [-0.25, -0.2) is 14.1 Å². The van der Waals surface area contributed by atoms with Crippen LogP contribution in [-0.2, 0) is 9.59 Å². The Balaban J connectivity index is 1.84. The fraction of sp³-hybridized carbons (Fsp3) is 0.211. The van der Waals surface area contributed by atoms with Crippen LogP contribution in [0.1, 0.15) is 11.1 Å². The largest absolute Gasteiger partial charge is 0.336 e. The molecule has 2 aromatic rings. The van der Waals surface area contributed by atoms with Gasteiger partial charge < -0.3 is 10.6 Å². The van der Waals surface area contributed by atoms with Crippen molar-refractivity contribution in [1.82, 2.24) is 5.32 Å². The summed E-state index contributed by atoms with van der Waals surface area (Å²) in [5.74, 6) is -3.03. The molecule has 1 aliphatic rings. The molecule has 0 spiro atoms. The lowest BCUT2D eigenvalue weighted by atomic mass is 10.0. The smallest absolute Gasteiger partial charge is 0.328 e. The Bertz CT molecular complexity index is 928. The molecule has 0 bridgehead atoms. The van der Waals surface area contributed by atoms with Crippen LogP contribution in [-0.4, -0.2) is 24.4 Å². The van der Waals surface area contributed by atoms with E-state index in [9.17, 15) is 18.8 Å². The molecule has 1 heterocycles. The summed E-state index contributed by atoms with van der Waals surface area (Å²) in [6.07, 6.45) is 0. The molecule has 6 nitrogen and oxygen atoms in total. The molecule has 8 heteroatoms. The Hall–Kier alpha value is -2.93. The number of hydrogen-bond acceptors (Lipinski definition) is 3. The number of benzene rings is 2. The van der Waals surface area contributed by atoms with Crippen LogP contribution in [0.25, 0.3) is 0 Å². The highest BCUT2D eigenvalue weighted by Crippen LogP contribution is 2.26. The number of hydrogen-bond donors (Lipinski definition) is 2. The third-order valence-corrected chi connectivity index (χ3v) is 4.44. The molecule has 0 radical (unpaired) electrons. The fourth-order valence-corrected chi connectivity index (χ4v) is 3.14. The van der Waals surface area contributed by atoms with E-state index in [2.05, 4.69) is 10.6 Å². The number of anilines is 2. The van der Waals surface area contributed by atoms with E-state index in [1.165, 1.54) is 12.1 Å². The number of nitrogens with one attached hydrogen (secondary N) is 2. The van der Waals surface area contributed by atoms with Crippen LogP contribution in [0.4, 0.5) is 20.6 Å². The van der Waals surface area contributed by atoms with Crippen molar-refractivity contribution < 1.29 is 18.8 Å². The lowest BCUT2D eigenvalue weighted by Crippen LogP contribution is -2.58. The van der Waals surface area contributed by atoms with Crippen molar-refractivity contribution in [2.75, 3.05) is 16.8 Å². The van der Waals surface area contributed by atoms with E-state index in [-0.39, 0.29) is 17.3 Å². The van der Waals surface area contributed by atoms with Crippen molar-refractivity contribution in [1.29, 1.82) is 0 Å². The minimum absolute atomic E-state index is 0.0906. The molecule has 2 aromatic carbocycles. The van der Waals surface area contributed by atoms with Gasteiger partial charge in [-0.1, -0.05) is 17.7 Å². The summed E-state index contributed by atoms with van der Waals surface area (Å²) < 4.78 is 13.4. The summed E-state index contributed by atoms with van der Waals surface area (Å²) in [5.41, 5.74) is 2.60. The van der Waals surface area contributed by atoms with Crippen molar-refractivity contribution in [3.05, 3.63) is 58.4 Å². The zero-order valence-electron chi connectivity index (χ0n) is 14.7. The van der Waals surface area contributed by atoms with Gasteiger partial charge in [-0.2, -0.15) is 0 Å². The maximum absolute atomic E-state index is 13.4. The summed E-state index contributed by atoms with van der Waals surface area (Å²) in [6, 6.07) is 8.31. The summed E-state index contributed by atoms with van der Waals surface area (Å²) >= 11 is 5.74. The van der Waals surface area contributed by atoms with Crippen LogP contribution < -0.4 is 15.5 Å². The quantitative estimate of drug-likeness (QED) is 0.789. The van der Waals surface area contributed by atoms with E-state index >= 15 is 0 Å². The van der Waals surface area contributed by atoms with Gasteiger partial charge in [-0.3, -0.25) is 9.59 Å². The molecule has 1 aliphatic heterocycles. The average Bonchev–Trinajstić information content (AvgIpc) is 2.57. The second-order valence-electron chi connectivity index (χ2n) is 6.38. The second-order valence-corrected chi connectivity index (χ2v) is 6.78. The Morgan fingerprint density at radius 2 is 1.85 bits per heavy atom. The molecule has 1 fully saturated rings. The monoisotopic (exact) mass is 389 g/mol. The second kappa shape index (κ2) is 7.36. The highest BCUT2D eigenvalue weighted by Gasteiger charge is 2.39. The Labute approximate surface area is 160 Å². The number of imide groups is 1. The van der Waals surface area contributed by atoms with Crippen LogP contribution in [0.3, 0.4) is 0 Å². The molecule has 2 N–H and O–H groups in total. The minimum Gasteiger partial charge on any atom is -0.336 e. The van der Waals surface area contributed by atoms with Crippen LogP contribution in [0.2, 0.25) is 5.02 Å². The van der Waals surface area contributed by atoms with Gasteiger partial charge in [0.2, 0.25) is 11.8 Å². The molecule has 4 amide bonds. The highest BCUT2D eigenvalue weighted by atomic mass is 35.5. The summed E-state index contributed by atoms with van der Waals surface area (Å²) in [7, 11) is 0. The van der Waals surface area contributed by atoms with Crippen molar-refractivity contribution in [3.63, 3.8) is 0 Å². The number of urea groups is 1. The molecular weight excluding hydrogens is 373 g/mol. The summed E-state index contributed by atoms with van der Waals surface area (Å²) in [6.45, 7) is 3.67. The van der Waals surface area contributed by atoms with E-state index < -0.39 is 29.6 Å². The predicted octanol–water partition coefficient (Wildman–Crippen LogP) is 3.41. The highest BCUT2D eigenvalue weighted by molar-refractivity contribution is 6.31. The lowest BCUT2D eigenvalue weighted by molar-refractivity contribution is -0.130. The lowest BCUT2D eigenvalue weighted by Gasteiger charge is -2.30. The van der Waals surface area contributed by atoms with Crippen molar-refractivity contribution >= 4 is 40.8 Å². The third-order valence-electron chi connectivity index (χ3n) is 4.15. The van der Waals surface area contributed by atoms with E-state index in [1.54, 1.807) is 12.1 Å².